The number of fused-ring (bicyclic) bond motifs is 8. The van der Waals surface area contributed by atoms with Gasteiger partial charge in [-0.25, -0.2) is 14.4 Å². The number of ether oxygens (including phenoxy) is 1. The van der Waals surface area contributed by atoms with Crippen LogP contribution < -0.4 is 0 Å². The highest BCUT2D eigenvalue weighted by Crippen LogP contribution is 2.25. The molecule has 5 nitrogen and oxygen atoms in total. The molecule has 5 rings (SSSR count). The summed E-state index contributed by atoms with van der Waals surface area (Å²) in [6.07, 6.45) is 7.28. The zero-order valence-electron chi connectivity index (χ0n) is 17.4. The summed E-state index contributed by atoms with van der Waals surface area (Å²) in [4.78, 5) is 16.0. The highest BCUT2D eigenvalue weighted by molar-refractivity contribution is 5.78. The number of rotatable bonds is 4. The van der Waals surface area contributed by atoms with Crippen LogP contribution in [0.25, 0.3) is 46.4 Å². The van der Waals surface area contributed by atoms with Crippen molar-refractivity contribution in [3.8, 4) is 0 Å². The first-order valence-electron chi connectivity index (χ1n) is 10.3. The van der Waals surface area contributed by atoms with Crippen LogP contribution in [0.5, 0.6) is 0 Å². The summed E-state index contributed by atoms with van der Waals surface area (Å²) in [5, 5.41) is 0. The summed E-state index contributed by atoms with van der Waals surface area (Å²) in [7, 11) is 0. The summed E-state index contributed by atoms with van der Waals surface area (Å²) in [6.45, 7) is 1.24. The molecule has 150 valence electrons. The van der Waals surface area contributed by atoms with Crippen LogP contribution in [-0.4, -0.2) is 33.2 Å². The fourth-order valence-electron chi connectivity index (χ4n) is 3.59. The number of alkyl halides is 1. The fraction of sp³-hybridized carbons (Fsp3) is 0.167. The van der Waals surface area contributed by atoms with Crippen molar-refractivity contribution in [2.75, 3.05) is 13.3 Å². The molecular formula is C24H21FN4O. The van der Waals surface area contributed by atoms with Crippen molar-refractivity contribution in [2.24, 2.45) is 0 Å². The third-order valence-corrected chi connectivity index (χ3v) is 4.97. The Hall–Kier alpha value is -3.51. The van der Waals surface area contributed by atoms with Crippen molar-refractivity contribution in [3.05, 3.63) is 70.8 Å². The zero-order chi connectivity index (χ0) is 21.4. The van der Waals surface area contributed by atoms with Crippen LogP contribution in [0.15, 0.2) is 42.4 Å². The van der Waals surface area contributed by atoms with Gasteiger partial charge in [0.05, 0.1) is 36.9 Å². The van der Waals surface area contributed by atoms with E-state index < -0.39 is 12.8 Å². The predicted octanol–water partition coefficient (Wildman–Crippen LogP) is 5.70. The van der Waals surface area contributed by atoms with E-state index in [0.29, 0.717) is 17.1 Å². The molecule has 8 bridgehead atoms. The molecule has 6 heteroatoms. The lowest BCUT2D eigenvalue weighted by molar-refractivity contribution is 0.0568. The summed E-state index contributed by atoms with van der Waals surface area (Å²) < 4.78 is 27.0. The first kappa shape index (κ1) is 17.4. The molecule has 0 aromatic carbocycles. The third-order valence-electron chi connectivity index (χ3n) is 4.97. The Bertz CT molecular complexity index is 1370. The van der Waals surface area contributed by atoms with Gasteiger partial charge in [-0.2, -0.15) is 0 Å². The van der Waals surface area contributed by atoms with Crippen LogP contribution in [0, 0.1) is 0 Å². The lowest BCUT2D eigenvalue weighted by Gasteiger charge is -2.10. The third kappa shape index (κ3) is 3.82. The fourth-order valence-corrected chi connectivity index (χ4v) is 3.59. The number of hydrogen-bond acceptors (Lipinski definition) is 3. The van der Waals surface area contributed by atoms with Crippen molar-refractivity contribution in [2.45, 2.75) is 13.0 Å². The number of hydrogen-bond donors (Lipinski definition) is 2. The molecule has 0 saturated carbocycles. The van der Waals surface area contributed by atoms with E-state index in [2.05, 4.69) is 19.9 Å². The second-order valence-corrected chi connectivity index (χ2v) is 7.23. The largest absolute Gasteiger partial charge is 0.371 e. The van der Waals surface area contributed by atoms with E-state index >= 15 is 0 Å². The molecule has 3 aromatic heterocycles. The van der Waals surface area contributed by atoms with Crippen molar-refractivity contribution in [3.63, 3.8) is 0 Å². The number of H-pyrrole nitrogens is 2. The van der Waals surface area contributed by atoms with Gasteiger partial charge in [0.1, 0.15) is 6.67 Å². The lowest BCUT2D eigenvalue weighted by Crippen LogP contribution is -2.02. The molecule has 0 aliphatic carbocycles. The highest BCUT2D eigenvalue weighted by Gasteiger charge is 2.12. The van der Waals surface area contributed by atoms with Gasteiger partial charge in [0.25, 0.3) is 0 Å². The molecule has 1 unspecified atom stereocenters. The van der Waals surface area contributed by atoms with E-state index in [1.54, 1.807) is 0 Å². The van der Waals surface area contributed by atoms with Crippen molar-refractivity contribution >= 4 is 46.4 Å². The first-order chi connectivity index (χ1) is 15.1. The molecule has 3 aromatic rings. The maximum Gasteiger partial charge on any atom is 0.113 e. The minimum absolute atomic E-state index is 0.0143. The van der Waals surface area contributed by atoms with Gasteiger partial charge in [0, 0.05) is 27.6 Å². The van der Waals surface area contributed by atoms with E-state index in [4.69, 9.17) is 6.11 Å². The standard InChI is InChI=1S/C24H21FN4O/c1-15(30-9-8-25)23-13-22-12-20-5-4-18(27-20)10-16-2-3-17(26-16)11-19-6-7-21(28-19)14-24(23)29-22/h2-7,10-15,26,29H,8-9H2,1H3/i13D. The molecule has 2 aliphatic rings. The van der Waals surface area contributed by atoms with Crippen LogP contribution in [-0.2, 0) is 4.74 Å². The van der Waals surface area contributed by atoms with Gasteiger partial charge < -0.3 is 14.7 Å². The van der Waals surface area contributed by atoms with Gasteiger partial charge >= 0.3 is 0 Å². The maximum atomic E-state index is 12.7. The Kier molecular flexibility index (Phi) is 4.47. The monoisotopic (exact) mass is 401 g/mol. The van der Waals surface area contributed by atoms with E-state index in [-0.39, 0.29) is 6.61 Å². The highest BCUT2D eigenvalue weighted by atomic mass is 19.1. The Labute approximate surface area is 174 Å². The van der Waals surface area contributed by atoms with Crippen molar-refractivity contribution in [1.29, 1.82) is 0 Å². The van der Waals surface area contributed by atoms with Crippen molar-refractivity contribution < 1.29 is 10.5 Å². The molecule has 0 radical (unpaired) electrons. The number of nitrogens with one attached hydrogen (secondary N) is 2. The minimum Gasteiger partial charge on any atom is -0.371 e. The number of aromatic nitrogens is 4. The average Bonchev–Trinajstić information content (AvgIpc) is 3.52. The minimum atomic E-state index is -0.569. The summed E-state index contributed by atoms with van der Waals surface area (Å²) in [6, 6.07) is 12.0. The summed E-state index contributed by atoms with van der Waals surface area (Å²) in [5.41, 5.74) is 7.07. The summed E-state index contributed by atoms with van der Waals surface area (Å²) >= 11 is 0. The topological polar surface area (TPSA) is 66.6 Å². The number of halogens is 1. The van der Waals surface area contributed by atoms with Crippen LogP contribution in [0.3, 0.4) is 0 Å². The predicted molar refractivity (Wildman–Crippen MR) is 119 cm³/mol. The second kappa shape index (κ2) is 7.72. The Morgan fingerprint density at radius 3 is 2.07 bits per heavy atom. The SMILES string of the molecule is [2H]c1c(C(C)OCCF)c2cc3nc(cc4ccc(cc5nc(cc1[nH]2)C=C5)[nH]4)C=C3. The molecular weight excluding hydrogens is 379 g/mol. The molecule has 0 fully saturated rings. The van der Waals surface area contributed by atoms with E-state index in [0.717, 1.165) is 39.3 Å². The smallest absolute Gasteiger partial charge is 0.113 e. The molecule has 2 N–H and O–H groups in total. The van der Waals surface area contributed by atoms with Gasteiger partial charge in [0.2, 0.25) is 0 Å². The normalized spacial score (nSPS) is 14.1. The van der Waals surface area contributed by atoms with Crippen LogP contribution in [0.2, 0.25) is 0 Å². The number of nitrogens with zero attached hydrogens (tertiary/aromatic N) is 2. The second-order valence-electron chi connectivity index (χ2n) is 7.23. The van der Waals surface area contributed by atoms with Gasteiger partial charge in [0.15, 0.2) is 0 Å². The van der Waals surface area contributed by atoms with E-state index in [1.165, 1.54) is 0 Å². The van der Waals surface area contributed by atoms with Gasteiger partial charge in [-0.15, -0.1) is 0 Å². The Morgan fingerprint density at radius 2 is 1.47 bits per heavy atom. The van der Waals surface area contributed by atoms with Crippen molar-refractivity contribution in [1.82, 2.24) is 19.9 Å². The lowest BCUT2D eigenvalue weighted by atomic mass is 10.1. The van der Waals surface area contributed by atoms with Gasteiger partial charge in [-0.05, 0) is 73.7 Å². The molecule has 1 atom stereocenters. The van der Waals surface area contributed by atoms with E-state index in [9.17, 15) is 4.39 Å². The Morgan fingerprint density at radius 1 is 0.900 bits per heavy atom. The van der Waals surface area contributed by atoms with Crippen LogP contribution >= 0.6 is 0 Å². The zero-order valence-corrected chi connectivity index (χ0v) is 16.4. The number of aromatic amines is 2. The van der Waals surface area contributed by atoms with Crippen LogP contribution in [0.1, 0.15) is 42.7 Å². The molecule has 0 spiro atoms. The van der Waals surface area contributed by atoms with Gasteiger partial charge in [-0.3, -0.25) is 0 Å². The molecule has 0 saturated heterocycles. The molecule has 30 heavy (non-hydrogen) atoms. The summed E-state index contributed by atoms with van der Waals surface area (Å²) in [5.74, 6) is 0. The Balaban J connectivity index is 1.80. The van der Waals surface area contributed by atoms with E-state index in [1.807, 2.05) is 67.6 Å². The maximum absolute atomic E-state index is 12.7. The van der Waals surface area contributed by atoms with Crippen LogP contribution in [0.4, 0.5) is 4.39 Å². The molecule has 0 amide bonds. The molecule has 5 heterocycles. The molecule has 2 aliphatic heterocycles. The average molecular weight is 401 g/mol. The first-order valence-corrected chi connectivity index (χ1v) is 9.84. The quantitative estimate of drug-likeness (QED) is 0.406. The van der Waals surface area contributed by atoms with Gasteiger partial charge in [-0.1, -0.05) is 0 Å².